The smallest absolute Gasteiger partial charge is 0.239 e. The number of carbonyl (C=O) groups is 2. The number of rotatable bonds is 3. The topological polar surface area (TPSA) is 58.2 Å². The Hall–Kier alpha value is -1.06. The molecule has 0 radical (unpaired) electrons. The molecule has 0 saturated heterocycles. The standard InChI is InChI=1S/C12H22N2O2/c1-12(2,3)11(16)13-8-10(15)14-9-6-4-5-7-9/h9H,4-8H2,1-3H3,(H,13,16)(H,14,15). The summed E-state index contributed by atoms with van der Waals surface area (Å²) in [6.45, 7) is 5.58. The van der Waals surface area contributed by atoms with Gasteiger partial charge in [0.15, 0.2) is 0 Å². The van der Waals surface area contributed by atoms with Gasteiger partial charge in [0.05, 0.1) is 6.54 Å². The Kier molecular flexibility index (Phi) is 4.33. The van der Waals surface area contributed by atoms with Crippen LogP contribution >= 0.6 is 0 Å². The summed E-state index contributed by atoms with van der Waals surface area (Å²) in [7, 11) is 0. The van der Waals surface area contributed by atoms with Crippen LogP contribution in [0.5, 0.6) is 0 Å². The molecule has 1 aliphatic carbocycles. The second-order valence-electron chi connectivity index (χ2n) is 5.48. The lowest BCUT2D eigenvalue weighted by Crippen LogP contribution is -2.44. The first kappa shape index (κ1) is 13.0. The fourth-order valence-corrected chi connectivity index (χ4v) is 1.77. The molecule has 4 heteroatoms. The van der Waals surface area contributed by atoms with E-state index in [2.05, 4.69) is 10.6 Å². The van der Waals surface area contributed by atoms with Crippen molar-refractivity contribution < 1.29 is 9.59 Å². The van der Waals surface area contributed by atoms with E-state index in [9.17, 15) is 9.59 Å². The van der Waals surface area contributed by atoms with Crippen LogP contribution < -0.4 is 10.6 Å². The van der Waals surface area contributed by atoms with Gasteiger partial charge in [-0.05, 0) is 12.8 Å². The molecule has 0 aromatic carbocycles. The third kappa shape index (κ3) is 4.21. The Labute approximate surface area is 97.2 Å². The van der Waals surface area contributed by atoms with Gasteiger partial charge in [-0.1, -0.05) is 33.6 Å². The van der Waals surface area contributed by atoms with Crippen molar-refractivity contribution in [3.63, 3.8) is 0 Å². The molecule has 0 atom stereocenters. The van der Waals surface area contributed by atoms with E-state index in [0.29, 0.717) is 6.04 Å². The summed E-state index contributed by atoms with van der Waals surface area (Å²) in [6, 6.07) is 0.319. The summed E-state index contributed by atoms with van der Waals surface area (Å²) in [5, 5.41) is 5.58. The highest BCUT2D eigenvalue weighted by atomic mass is 16.2. The molecule has 0 unspecified atom stereocenters. The van der Waals surface area contributed by atoms with Gasteiger partial charge in [0.25, 0.3) is 0 Å². The summed E-state index contributed by atoms with van der Waals surface area (Å²) >= 11 is 0. The van der Waals surface area contributed by atoms with Crippen molar-refractivity contribution in [2.45, 2.75) is 52.5 Å². The second-order valence-corrected chi connectivity index (χ2v) is 5.48. The number of hydrogen-bond donors (Lipinski definition) is 2. The van der Waals surface area contributed by atoms with Gasteiger partial charge in [-0.25, -0.2) is 0 Å². The van der Waals surface area contributed by atoms with E-state index in [1.54, 1.807) is 0 Å². The lowest BCUT2D eigenvalue weighted by Gasteiger charge is -2.18. The minimum Gasteiger partial charge on any atom is -0.352 e. The number of carbonyl (C=O) groups excluding carboxylic acids is 2. The first-order valence-electron chi connectivity index (χ1n) is 5.97. The second kappa shape index (κ2) is 5.32. The molecule has 2 amide bonds. The zero-order chi connectivity index (χ0) is 12.2. The number of nitrogens with one attached hydrogen (secondary N) is 2. The van der Waals surface area contributed by atoms with Gasteiger partial charge in [0.2, 0.25) is 11.8 Å². The molecule has 92 valence electrons. The Bertz CT molecular complexity index is 263. The van der Waals surface area contributed by atoms with Crippen LogP contribution in [0, 0.1) is 5.41 Å². The predicted molar refractivity (Wildman–Crippen MR) is 62.9 cm³/mol. The van der Waals surface area contributed by atoms with E-state index in [1.807, 2.05) is 20.8 Å². The predicted octanol–water partition coefficient (Wildman–Crippen LogP) is 1.21. The molecule has 1 rings (SSSR count). The van der Waals surface area contributed by atoms with Gasteiger partial charge in [-0.2, -0.15) is 0 Å². The highest BCUT2D eigenvalue weighted by Gasteiger charge is 2.22. The largest absolute Gasteiger partial charge is 0.352 e. The fourth-order valence-electron chi connectivity index (χ4n) is 1.77. The first-order chi connectivity index (χ1) is 7.39. The molecule has 0 aromatic heterocycles. The minimum absolute atomic E-state index is 0.0792. The summed E-state index contributed by atoms with van der Waals surface area (Å²) in [5.41, 5.74) is -0.437. The normalized spacial score (nSPS) is 17.2. The average Bonchev–Trinajstić information content (AvgIpc) is 2.65. The molecule has 0 bridgehead atoms. The maximum Gasteiger partial charge on any atom is 0.239 e. The van der Waals surface area contributed by atoms with Gasteiger partial charge < -0.3 is 10.6 Å². The minimum atomic E-state index is -0.437. The summed E-state index contributed by atoms with van der Waals surface area (Å²) < 4.78 is 0. The van der Waals surface area contributed by atoms with Crippen LogP contribution in [0.25, 0.3) is 0 Å². The molecule has 0 heterocycles. The zero-order valence-corrected chi connectivity index (χ0v) is 10.4. The van der Waals surface area contributed by atoms with Crippen molar-refractivity contribution >= 4 is 11.8 Å². The molecule has 1 saturated carbocycles. The molecule has 0 aromatic rings. The molecular weight excluding hydrogens is 204 g/mol. The molecule has 0 aliphatic heterocycles. The van der Waals surface area contributed by atoms with E-state index in [4.69, 9.17) is 0 Å². The molecule has 1 fully saturated rings. The van der Waals surface area contributed by atoms with Crippen LogP contribution in [0.2, 0.25) is 0 Å². The van der Waals surface area contributed by atoms with Gasteiger partial charge in [-0.3, -0.25) is 9.59 Å². The van der Waals surface area contributed by atoms with Gasteiger partial charge in [0, 0.05) is 11.5 Å². The maximum atomic E-state index is 11.5. The summed E-state index contributed by atoms with van der Waals surface area (Å²) in [6.07, 6.45) is 4.52. The van der Waals surface area contributed by atoms with Crippen LogP contribution in [0.1, 0.15) is 46.5 Å². The van der Waals surface area contributed by atoms with Crippen LogP contribution in [0.4, 0.5) is 0 Å². The van der Waals surface area contributed by atoms with Crippen molar-refractivity contribution in [2.75, 3.05) is 6.54 Å². The Morgan fingerprint density at radius 2 is 1.75 bits per heavy atom. The van der Waals surface area contributed by atoms with E-state index in [0.717, 1.165) is 12.8 Å². The highest BCUT2D eigenvalue weighted by molar-refractivity contribution is 5.87. The third-order valence-electron chi connectivity index (χ3n) is 2.81. The molecule has 1 aliphatic rings. The van der Waals surface area contributed by atoms with E-state index in [1.165, 1.54) is 12.8 Å². The van der Waals surface area contributed by atoms with Crippen molar-refractivity contribution in [2.24, 2.45) is 5.41 Å². The lowest BCUT2D eigenvalue weighted by atomic mass is 9.96. The van der Waals surface area contributed by atoms with Crippen LogP contribution in [0.3, 0.4) is 0 Å². The SMILES string of the molecule is CC(C)(C)C(=O)NCC(=O)NC1CCCC1. The number of hydrogen-bond acceptors (Lipinski definition) is 2. The monoisotopic (exact) mass is 226 g/mol. The Morgan fingerprint density at radius 3 is 2.25 bits per heavy atom. The van der Waals surface area contributed by atoms with Crippen LogP contribution in [-0.2, 0) is 9.59 Å². The van der Waals surface area contributed by atoms with Crippen molar-refractivity contribution in [3.05, 3.63) is 0 Å². The number of amides is 2. The molecule has 2 N–H and O–H groups in total. The molecule has 16 heavy (non-hydrogen) atoms. The lowest BCUT2D eigenvalue weighted by molar-refractivity contribution is -0.131. The van der Waals surface area contributed by atoms with Gasteiger partial charge in [0.1, 0.15) is 0 Å². The molecule has 0 spiro atoms. The van der Waals surface area contributed by atoms with Gasteiger partial charge >= 0.3 is 0 Å². The average molecular weight is 226 g/mol. The fraction of sp³-hybridized carbons (Fsp3) is 0.833. The van der Waals surface area contributed by atoms with E-state index >= 15 is 0 Å². The van der Waals surface area contributed by atoms with E-state index < -0.39 is 5.41 Å². The van der Waals surface area contributed by atoms with Crippen molar-refractivity contribution in [1.29, 1.82) is 0 Å². The van der Waals surface area contributed by atoms with Crippen molar-refractivity contribution in [1.82, 2.24) is 10.6 Å². The molecule has 4 nitrogen and oxygen atoms in total. The quantitative estimate of drug-likeness (QED) is 0.760. The summed E-state index contributed by atoms with van der Waals surface area (Å²) in [4.78, 5) is 23.0. The van der Waals surface area contributed by atoms with E-state index in [-0.39, 0.29) is 18.4 Å². The van der Waals surface area contributed by atoms with Crippen LogP contribution in [0.15, 0.2) is 0 Å². The highest BCUT2D eigenvalue weighted by Crippen LogP contribution is 2.17. The van der Waals surface area contributed by atoms with Crippen LogP contribution in [-0.4, -0.2) is 24.4 Å². The Morgan fingerprint density at radius 1 is 1.19 bits per heavy atom. The van der Waals surface area contributed by atoms with Gasteiger partial charge in [-0.15, -0.1) is 0 Å². The summed E-state index contributed by atoms with van der Waals surface area (Å²) in [5.74, 6) is -0.168. The first-order valence-corrected chi connectivity index (χ1v) is 5.97. The maximum absolute atomic E-state index is 11.5. The molecular formula is C12H22N2O2. The Balaban J connectivity index is 2.22. The third-order valence-corrected chi connectivity index (χ3v) is 2.81. The van der Waals surface area contributed by atoms with Crippen molar-refractivity contribution in [3.8, 4) is 0 Å². The zero-order valence-electron chi connectivity index (χ0n) is 10.4.